The molecule has 5 heteroatoms. The first kappa shape index (κ1) is 18.5. The van der Waals surface area contributed by atoms with E-state index in [1.165, 1.54) is 18.5 Å². The smallest absolute Gasteiger partial charge is 0.119 e. The van der Waals surface area contributed by atoms with Crippen molar-refractivity contribution in [1.29, 1.82) is 0 Å². The first-order valence-electron chi connectivity index (χ1n) is 9.56. The minimum absolute atomic E-state index is 0.349. The number of nitrogens with zero attached hydrogens (tertiary/aromatic N) is 2. The van der Waals surface area contributed by atoms with Gasteiger partial charge in [-0.3, -0.25) is 4.90 Å². The number of β-amino-alcohol motifs (C(OH)–C–C–N with tert-alkyl or cyclic N) is 1. The summed E-state index contributed by atoms with van der Waals surface area (Å²) in [6.45, 7) is 7.35. The van der Waals surface area contributed by atoms with Crippen molar-refractivity contribution in [3.63, 3.8) is 0 Å². The zero-order chi connectivity index (χ0) is 17.6. The maximum atomic E-state index is 10.3. The van der Waals surface area contributed by atoms with Gasteiger partial charge in [0.2, 0.25) is 0 Å². The van der Waals surface area contributed by atoms with Gasteiger partial charge in [0.25, 0.3) is 0 Å². The summed E-state index contributed by atoms with van der Waals surface area (Å²) in [4.78, 5) is 4.73. The highest BCUT2D eigenvalue weighted by Crippen LogP contribution is 2.27. The van der Waals surface area contributed by atoms with E-state index in [0.29, 0.717) is 25.2 Å². The molecular formula is C20H32N2O3. The van der Waals surface area contributed by atoms with Crippen LogP contribution in [0.3, 0.4) is 0 Å². The lowest BCUT2D eigenvalue weighted by atomic mass is 10.1. The second-order valence-electron chi connectivity index (χ2n) is 7.42. The average molecular weight is 348 g/mol. The molecule has 2 fully saturated rings. The van der Waals surface area contributed by atoms with E-state index in [1.54, 1.807) is 7.11 Å². The second kappa shape index (κ2) is 8.88. The number of aliphatic hydroxyl groups is 1. The summed E-state index contributed by atoms with van der Waals surface area (Å²) < 4.78 is 11.1. The Bertz CT molecular complexity index is 514. The largest absolute Gasteiger partial charge is 0.497 e. The van der Waals surface area contributed by atoms with Gasteiger partial charge in [0, 0.05) is 38.4 Å². The molecule has 3 rings (SSSR count). The van der Waals surface area contributed by atoms with Gasteiger partial charge >= 0.3 is 0 Å². The van der Waals surface area contributed by atoms with Crippen molar-refractivity contribution in [2.45, 2.75) is 38.4 Å². The van der Waals surface area contributed by atoms with E-state index in [1.807, 2.05) is 12.1 Å². The third-order valence-corrected chi connectivity index (χ3v) is 5.56. The molecule has 1 N–H and O–H groups in total. The van der Waals surface area contributed by atoms with Gasteiger partial charge in [-0.25, -0.2) is 0 Å². The molecule has 140 valence electrons. The van der Waals surface area contributed by atoms with Crippen molar-refractivity contribution in [3.8, 4) is 5.75 Å². The van der Waals surface area contributed by atoms with Crippen LogP contribution in [0.2, 0.25) is 0 Å². The molecule has 25 heavy (non-hydrogen) atoms. The topological polar surface area (TPSA) is 45.2 Å². The lowest BCUT2D eigenvalue weighted by Crippen LogP contribution is -2.49. The van der Waals surface area contributed by atoms with Gasteiger partial charge in [-0.05, 0) is 43.0 Å². The average Bonchev–Trinajstić information content (AvgIpc) is 3.06. The molecule has 1 aliphatic carbocycles. The predicted molar refractivity (Wildman–Crippen MR) is 100 cm³/mol. The summed E-state index contributed by atoms with van der Waals surface area (Å²) in [6.07, 6.45) is 3.62. The summed E-state index contributed by atoms with van der Waals surface area (Å²) in [7, 11) is 1.69. The Kier molecular flexibility index (Phi) is 6.57. The quantitative estimate of drug-likeness (QED) is 0.820. The molecule has 3 unspecified atom stereocenters. The fourth-order valence-corrected chi connectivity index (χ4v) is 3.93. The predicted octanol–water partition coefficient (Wildman–Crippen LogP) is 2.38. The van der Waals surface area contributed by atoms with Crippen LogP contribution in [0, 0.1) is 5.92 Å². The van der Waals surface area contributed by atoms with Gasteiger partial charge in [-0.15, -0.1) is 0 Å². The lowest BCUT2D eigenvalue weighted by Gasteiger charge is -2.37. The van der Waals surface area contributed by atoms with Crippen LogP contribution < -0.4 is 9.64 Å². The Balaban J connectivity index is 1.38. The molecule has 1 heterocycles. The lowest BCUT2D eigenvalue weighted by molar-refractivity contribution is -0.0321. The van der Waals surface area contributed by atoms with Gasteiger partial charge < -0.3 is 19.5 Å². The van der Waals surface area contributed by atoms with Crippen LogP contribution in [0.4, 0.5) is 5.69 Å². The van der Waals surface area contributed by atoms with E-state index < -0.39 is 0 Å². The molecule has 1 aromatic carbocycles. The molecule has 0 bridgehead atoms. The van der Waals surface area contributed by atoms with Crippen LogP contribution in [0.5, 0.6) is 5.75 Å². The number of hydrogen-bond donors (Lipinski definition) is 1. The molecule has 0 spiro atoms. The third kappa shape index (κ3) is 5.09. The Morgan fingerprint density at radius 1 is 1.12 bits per heavy atom. The minimum Gasteiger partial charge on any atom is -0.497 e. The molecule has 0 aromatic heterocycles. The first-order chi connectivity index (χ1) is 12.2. The molecule has 1 saturated heterocycles. The van der Waals surface area contributed by atoms with E-state index in [2.05, 4.69) is 28.9 Å². The van der Waals surface area contributed by atoms with Gasteiger partial charge in [-0.2, -0.15) is 0 Å². The standard InChI is InChI=1S/C20H32N2O3/c1-16-4-3-5-20(16)25-15-18(23)14-21-10-12-22(13-11-21)17-6-8-19(24-2)9-7-17/h6-9,16,18,20,23H,3-5,10-15H2,1-2H3. The van der Waals surface area contributed by atoms with Crippen LogP contribution >= 0.6 is 0 Å². The Labute approximate surface area is 151 Å². The number of hydrogen-bond acceptors (Lipinski definition) is 5. The molecule has 3 atom stereocenters. The van der Waals surface area contributed by atoms with Gasteiger partial charge in [-0.1, -0.05) is 13.3 Å². The molecule has 1 aliphatic heterocycles. The molecular weight excluding hydrogens is 316 g/mol. The van der Waals surface area contributed by atoms with Crippen molar-refractivity contribution >= 4 is 5.69 Å². The number of methoxy groups -OCH3 is 1. The molecule has 1 saturated carbocycles. The highest BCUT2D eigenvalue weighted by atomic mass is 16.5. The van der Waals surface area contributed by atoms with Crippen molar-refractivity contribution in [1.82, 2.24) is 4.90 Å². The van der Waals surface area contributed by atoms with E-state index in [9.17, 15) is 5.11 Å². The number of aliphatic hydroxyl groups excluding tert-OH is 1. The van der Waals surface area contributed by atoms with Crippen LogP contribution in [0.1, 0.15) is 26.2 Å². The van der Waals surface area contributed by atoms with E-state index >= 15 is 0 Å². The number of anilines is 1. The monoisotopic (exact) mass is 348 g/mol. The summed E-state index contributed by atoms with van der Waals surface area (Å²) in [5, 5.41) is 10.3. The van der Waals surface area contributed by atoms with E-state index in [4.69, 9.17) is 9.47 Å². The molecule has 0 radical (unpaired) electrons. The Hall–Kier alpha value is -1.30. The summed E-state index contributed by atoms with van der Waals surface area (Å²) in [6, 6.07) is 8.24. The van der Waals surface area contributed by atoms with Crippen molar-refractivity contribution in [2.75, 3.05) is 51.3 Å². The molecule has 1 aromatic rings. The summed E-state index contributed by atoms with van der Waals surface area (Å²) >= 11 is 0. The zero-order valence-corrected chi connectivity index (χ0v) is 15.6. The van der Waals surface area contributed by atoms with Crippen LogP contribution in [0.15, 0.2) is 24.3 Å². The van der Waals surface area contributed by atoms with Crippen LogP contribution in [0.25, 0.3) is 0 Å². The minimum atomic E-state index is -0.389. The third-order valence-electron chi connectivity index (χ3n) is 5.56. The van der Waals surface area contributed by atoms with Gasteiger partial charge in [0.1, 0.15) is 5.75 Å². The number of rotatable bonds is 7. The number of piperazine rings is 1. The second-order valence-corrected chi connectivity index (χ2v) is 7.42. The van der Waals surface area contributed by atoms with Crippen LogP contribution in [-0.4, -0.2) is 68.7 Å². The normalized spacial score (nSPS) is 26.0. The molecule has 5 nitrogen and oxygen atoms in total. The maximum absolute atomic E-state index is 10.3. The van der Waals surface area contributed by atoms with Crippen molar-refractivity contribution < 1.29 is 14.6 Å². The first-order valence-corrected chi connectivity index (χ1v) is 9.56. The molecule has 2 aliphatic rings. The number of benzene rings is 1. The van der Waals surface area contributed by atoms with Crippen LogP contribution in [-0.2, 0) is 4.74 Å². The Morgan fingerprint density at radius 3 is 2.44 bits per heavy atom. The summed E-state index contributed by atoms with van der Waals surface area (Å²) in [5.74, 6) is 1.53. The highest BCUT2D eigenvalue weighted by molar-refractivity contribution is 5.49. The fourth-order valence-electron chi connectivity index (χ4n) is 3.93. The fraction of sp³-hybridized carbons (Fsp3) is 0.700. The van der Waals surface area contributed by atoms with Gasteiger partial charge in [0.05, 0.1) is 25.9 Å². The zero-order valence-electron chi connectivity index (χ0n) is 15.6. The maximum Gasteiger partial charge on any atom is 0.119 e. The Morgan fingerprint density at radius 2 is 1.84 bits per heavy atom. The van der Waals surface area contributed by atoms with E-state index in [0.717, 1.165) is 38.3 Å². The SMILES string of the molecule is COc1ccc(N2CCN(CC(O)COC3CCCC3C)CC2)cc1. The van der Waals surface area contributed by atoms with Gasteiger partial charge in [0.15, 0.2) is 0 Å². The van der Waals surface area contributed by atoms with Crippen molar-refractivity contribution in [2.24, 2.45) is 5.92 Å². The van der Waals surface area contributed by atoms with Crippen molar-refractivity contribution in [3.05, 3.63) is 24.3 Å². The summed E-state index contributed by atoms with van der Waals surface area (Å²) in [5.41, 5.74) is 1.24. The number of ether oxygens (including phenoxy) is 2. The highest BCUT2D eigenvalue weighted by Gasteiger charge is 2.25. The van der Waals surface area contributed by atoms with E-state index in [-0.39, 0.29) is 6.10 Å². The molecule has 0 amide bonds.